The highest BCUT2D eigenvalue weighted by atomic mass is 32.1. The van der Waals surface area contributed by atoms with Crippen LogP contribution in [0.4, 0.5) is 0 Å². The molecule has 0 aliphatic rings. The van der Waals surface area contributed by atoms with Gasteiger partial charge in [-0.15, -0.1) is 0 Å². The minimum Gasteiger partial charge on any atom is -0.387 e. The van der Waals surface area contributed by atoms with Crippen LogP contribution >= 0.6 is 11.3 Å². The SMILES string of the molecule is CC(C)C(=O)NCC(O)c1ccsc1. The van der Waals surface area contributed by atoms with Crippen LogP contribution in [0, 0.1) is 5.92 Å². The third-order valence-corrected chi connectivity index (χ3v) is 2.62. The van der Waals surface area contributed by atoms with Gasteiger partial charge in [0.2, 0.25) is 5.91 Å². The van der Waals surface area contributed by atoms with Crippen LogP contribution in [0.2, 0.25) is 0 Å². The summed E-state index contributed by atoms with van der Waals surface area (Å²) in [5.41, 5.74) is 0.860. The molecule has 4 heteroatoms. The zero-order valence-electron chi connectivity index (χ0n) is 8.36. The van der Waals surface area contributed by atoms with Crippen molar-refractivity contribution in [3.05, 3.63) is 22.4 Å². The lowest BCUT2D eigenvalue weighted by atomic mass is 10.1. The fraction of sp³-hybridized carbons (Fsp3) is 0.500. The lowest BCUT2D eigenvalue weighted by Gasteiger charge is -2.11. The molecule has 14 heavy (non-hydrogen) atoms. The largest absolute Gasteiger partial charge is 0.387 e. The summed E-state index contributed by atoms with van der Waals surface area (Å²) < 4.78 is 0. The summed E-state index contributed by atoms with van der Waals surface area (Å²) in [6.07, 6.45) is -0.594. The number of carbonyl (C=O) groups is 1. The van der Waals surface area contributed by atoms with Gasteiger partial charge < -0.3 is 10.4 Å². The van der Waals surface area contributed by atoms with Crippen LogP contribution in [0.25, 0.3) is 0 Å². The lowest BCUT2D eigenvalue weighted by molar-refractivity contribution is -0.124. The number of carbonyl (C=O) groups excluding carboxylic acids is 1. The maximum absolute atomic E-state index is 11.2. The molecule has 78 valence electrons. The summed E-state index contributed by atoms with van der Waals surface area (Å²) >= 11 is 1.54. The molecule has 0 radical (unpaired) electrons. The lowest BCUT2D eigenvalue weighted by Crippen LogP contribution is -2.31. The fourth-order valence-corrected chi connectivity index (χ4v) is 1.69. The molecule has 1 amide bonds. The molecule has 3 nitrogen and oxygen atoms in total. The van der Waals surface area contributed by atoms with Gasteiger partial charge in [0.25, 0.3) is 0 Å². The highest BCUT2D eigenvalue weighted by Crippen LogP contribution is 2.15. The molecule has 0 aliphatic carbocycles. The first-order valence-corrected chi connectivity index (χ1v) is 5.53. The van der Waals surface area contributed by atoms with Gasteiger partial charge in [-0.3, -0.25) is 4.79 Å². The van der Waals surface area contributed by atoms with Crippen molar-refractivity contribution in [2.24, 2.45) is 5.92 Å². The average Bonchev–Trinajstić information content (AvgIpc) is 2.66. The maximum Gasteiger partial charge on any atom is 0.222 e. The summed E-state index contributed by atoms with van der Waals surface area (Å²) in [6, 6.07) is 1.86. The van der Waals surface area contributed by atoms with Crippen molar-refractivity contribution < 1.29 is 9.90 Å². The van der Waals surface area contributed by atoms with Gasteiger partial charge in [-0.1, -0.05) is 13.8 Å². The standard InChI is InChI=1S/C10H15NO2S/c1-7(2)10(13)11-5-9(12)8-3-4-14-6-8/h3-4,6-7,9,12H,5H2,1-2H3,(H,11,13). The molecule has 0 saturated heterocycles. The number of hydrogen-bond acceptors (Lipinski definition) is 3. The van der Waals surface area contributed by atoms with Crippen LogP contribution in [0.1, 0.15) is 25.5 Å². The minimum absolute atomic E-state index is 0.0284. The Balaban J connectivity index is 2.36. The zero-order chi connectivity index (χ0) is 10.6. The van der Waals surface area contributed by atoms with E-state index in [-0.39, 0.29) is 18.4 Å². The van der Waals surface area contributed by atoms with Crippen LogP contribution in [-0.2, 0) is 4.79 Å². The molecule has 1 unspecified atom stereocenters. The van der Waals surface area contributed by atoms with Gasteiger partial charge in [-0.05, 0) is 22.4 Å². The Bertz CT molecular complexity index is 282. The molecule has 2 N–H and O–H groups in total. The van der Waals surface area contributed by atoms with E-state index in [1.807, 2.05) is 30.7 Å². The smallest absolute Gasteiger partial charge is 0.222 e. The molecule has 1 aromatic rings. The summed E-state index contributed by atoms with van der Waals surface area (Å²) in [6.45, 7) is 3.94. The molecule has 0 aliphatic heterocycles. The quantitative estimate of drug-likeness (QED) is 0.797. The van der Waals surface area contributed by atoms with E-state index < -0.39 is 6.10 Å². The third kappa shape index (κ3) is 3.12. The van der Waals surface area contributed by atoms with Crippen molar-refractivity contribution in [2.45, 2.75) is 20.0 Å². The van der Waals surface area contributed by atoms with E-state index in [1.165, 1.54) is 11.3 Å². The van der Waals surface area contributed by atoms with Crippen molar-refractivity contribution in [3.63, 3.8) is 0 Å². The van der Waals surface area contributed by atoms with Crippen LogP contribution in [0.15, 0.2) is 16.8 Å². The molecule has 1 atom stereocenters. The second kappa shape index (κ2) is 5.12. The molecule has 1 aromatic heterocycles. The van der Waals surface area contributed by atoms with Crippen molar-refractivity contribution in [2.75, 3.05) is 6.54 Å². The van der Waals surface area contributed by atoms with Crippen molar-refractivity contribution in [1.29, 1.82) is 0 Å². The van der Waals surface area contributed by atoms with Gasteiger partial charge in [0.1, 0.15) is 0 Å². The third-order valence-electron chi connectivity index (χ3n) is 1.92. The van der Waals surface area contributed by atoms with Gasteiger partial charge in [0.15, 0.2) is 0 Å². The van der Waals surface area contributed by atoms with Gasteiger partial charge in [0, 0.05) is 12.5 Å². The Morgan fingerprint density at radius 1 is 1.64 bits per heavy atom. The number of nitrogens with one attached hydrogen (secondary N) is 1. The van der Waals surface area contributed by atoms with Crippen molar-refractivity contribution in [3.8, 4) is 0 Å². The molecule has 0 saturated carbocycles. The van der Waals surface area contributed by atoms with E-state index in [1.54, 1.807) is 0 Å². The number of rotatable bonds is 4. The second-order valence-electron chi connectivity index (χ2n) is 3.47. The van der Waals surface area contributed by atoms with E-state index in [9.17, 15) is 9.90 Å². The molecule has 1 rings (SSSR count). The first-order valence-electron chi connectivity index (χ1n) is 4.59. The van der Waals surface area contributed by atoms with Crippen LogP contribution in [0.5, 0.6) is 0 Å². The Morgan fingerprint density at radius 3 is 2.86 bits per heavy atom. The second-order valence-corrected chi connectivity index (χ2v) is 4.25. The van der Waals surface area contributed by atoms with E-state index in [0.717, 1.165) is 5.56 Å². The fourth-order valence-electron chi connectivity index (χ4n) is 0.984. The zero-order valence-corrected chi connectivity index (χ0v) is 9.17. The molecule has 0 bridgehead atoms. The number of aliphatic hydroxyl groups excluding tert-OH is 1. The average molecular weight is 213 g/mol. The molecule has 1 heterocycles. The Labute approximate surface area is 87.8 Å². The summed E-state index contributed by atoms with van der Waals surface area (Å²) in [4.78, 5) is 11.2. The molecule has 0 spiro atoms. The predicted molar refractivity (Wildman–Crippen MR) is 57.1 cm³/mol. The van der Waals surface area contributed by atoms with E-state index in [0.29, 0.717) is 0 Å². The maximum atomic E-state index is 11.2. The summed E-state index contributed by atoms with van der Waals surface area (Å²) in [7, 11) is 0. The highest BCUT2D eigenvalue weighted by molar-refractivity contribution is 7.07. The molecular weight excluding hydrogens is 198 g/mol. The van der Waals surface area contributed by atoms with E-state index >= 15 is 0 Å². The van der Waals surface area contributed by atoms with Crippen molar-refractivity contribution >= 4 is 17.2 Å². The Morgan fingerprint density at radius 2 is 2.36 bits per heavy atom. The highest BCUT2D eigenvalue weighted by Gasteiger charge is 2.11. The molecule has 0 fully saturated rings. The van der Waals surface area contributed by atoms with Gasteiger partial charge in [0.05, 0.1) is 6.10 Å². The number of aliphatic hydroxyl groups is 1. The predicted octanol–water partition coefficient (Wildman–Crippen LogP) is 1.55. The van der Waals surface area contributed by atoms with Gasteiger partial charge in [-0.2, -0.15) is 11.3 Å². The molecular formula is C10H15NO2S. The monoisotopic (exact) mass is 213 g/mol. The number of amides is 1. The van der Waals surface area contributed by atoms with Gasteiger partial charge >= 0.3 is 0 Å². The normalized spacial score (nSPS) is 12.9. The Kier molecular flexibility index (Phi) is 4.10. The van der Waals surface area contributed by atoms with E-state index in [4.69, 9.17) is 0 Å². The number of thiophene rings is 1. The van der Waals surface area contributed by atoms with E-state index in [2.05, 4.69) is 5.32 Å². The number of hydrogen-bond donors (Lipinski definition) is 2. The molecule has 0 aromatic carbocycles. The van der Waals surface area contributed by atoms with Crippen LogP contribution in [0.3, 0.4) is 0 Å². The minimum atomic E-state index is -0.594. The topological polar surface area (TPSA) is 49.3 Å². The first-order chi connectivity index (χ1) is 6.61. The summed E-state index contributed by atoms with van der Waals surface area (Å²) in [5, 5.41) is 16.1. The first kappa shape index (κ1) is 11.2. The van der Waals surface area contributed by atoms with Crippen LogP contribution in [-0.4, -0.2) is 17.6 Å². The van der Waals surface area contributed by atoms with Crippen molar-refractivity contribution in [1.82, 2.24) is 5.32 Å². The van der Waals surface area contributed by atoms with Gasteiger partial charge in [-0.25, -0.2) is 0 Å². The Hall–Kier alpha value is -0.870. The summed E-state index contributed by atoms with van der Waals surface area (Å²) in [5.74, 6) is -0.0658. The van der Waals surface area contributed by atoms with Crippen LogP contribution < -0.4 is 5.32 Å².